The fraction of sp³-hybridized carbons (Fsp3) is 0.167. The number of carbonyl (C=O) groups is 1. The summed E-state index contributed by atoms with van der Waals surface area (Å²) >= 11 is 3.43. The van der Waals surface area contributed by atoms with Gasteiger partial charge in [0, 0.05) is 4.47 Å². The van der Waals surface area contributed by atoms with Crippen molar-refractivity contribution in [2.75, 3.05) is 6.61 Å². The highest BCUT2D eigenvalue weighted by atomic mass is 79.9. The van der Waals surface area contributed by atoms with Crippen LogP contribution in [0.2, 0.25) is 0 Å². The normalized spacial score (nSPS) is 10.8. The van der Waals surface area contributed by atoms with Gasteiger partial charge in [-0.05, 0) is 40.5 Å². The van der Waals surface area contributed by atoms with Crippen molar-refractivity contribution in [1.29, 1.82) is 0 Å². The van der Waals surface area contributed by atoms with Gasteiger partial charge in [-0.25, -0.2) is 9.78 Å². The molecule has 0 fully saturated rings. The molecule has 1 heterocycles. The third-order valence-corrected chi connectivity index (χ3v) is 4.22. The molecular weight excluding hydrogens is 372 g/mol. The molecule has 0 amide bonds. The number of aromatic nitrogens is 2. The van der Waals surface area contributed by atoms with E-state index in [1.165, 1.54) is 0 Å². The van der Waals surface area contributed by atoms with Gasteiger partial charge >= 0.3 is 5.97 Å². The molecule has 0 bridgehead atoms. The summed E-state index contributed by atoms with van der Waals surface area (Å²) in [6.45, 7) is 2.23. The topological polar surface area (TPSA) is 61.2 Å². The van der Waals surface area contributed by atoms with Crippen molar-refractivity contribution >= 4 is 32.9 Å². The number of para-hydroxylation sites is 1. The van der Waals surface area contributed by atoms with Crippen LogP contribution in [0.4, 0.5) is 0 Å². The van der Waals surface area contributed by atoms with E-state index in [0.29, 0.717) is 22.1 Å². The maximum Gasteiger partial charge on any atom is 0.362 e. The standard InChI is InChI=1S/C18H15BrN2O3/c1-2-24-18(23)16-17(22)21(11-12-7-4-3-5-8-12)14-10-6-9-13(19)15(14)20-16/h3-10H,2,11H2,1H3. The molecule has 3 aromatic rings. The Labute approximate surface area is 147 Å². The highest BCUT2D eigenvalue weighted by Crippen LogP contribution is 2.22. The molecule has 0 radical (unpaired) electrons. The summed E-state index contributed by atoms with van der Waals surface area (Å²) in [6.07, 6.45) is 0. The van der Waals surface area contributed by atoms with Gasteiger partial charge in [-0.2, -0.15) is 0 Å². The van der Waals surface area contributed by atoms with Crippen LogP contribution in [0.15, 0.2) is 57.8 Å². The second kappa shape index (κ2) is 6.97. The second-order valence-electron chi connectivity index (χ2n) is 5.17. The Bertz CT molecular complexity index is 952. The zero-order valence-electron chi connectivity index (χ0n) is 13.0. The van der Waals surface area contributed by atoms with Crippen LogP contribution >= 0.6 is 15.9 Å². The third kappa shape index (κ3) is 3.10. The predicted octanol–water partition coefficient (Wildman–Crippen LogP) is 3.38. The van der Waals surface area contributed by atoms with E-state index in [2.05, 4.69) is 20.9 Å². The number of ether oxygens (including phenoxy) is 1. The van der Waals surface area contributed by atoms with Gasteiger partial charge in [0.15, 0.2) is 0 Å². The summed E-state index contributed by atoms with van der Waals surface area (Å²) < 4.78 is 7.24. The molecule has 0 atom stereocenters. The quantitative estimate of drug-likeness (QED) is 0.644. The van der Waals surface area contributed by atoms with Crippen molar-refractivity contribution in [3.63, 3.8) is 0 Å². The van der Waals surface area contributed by atoms with Gasteiger partial charge in [-0.3, -0.25) is 4.79 Å². The lowest BCUT2D eigenvalue weighted by Gasteiger charge is -2.13. The smallest absolute Gasteiger partial charge is 0.362 e. The van der Waals surface area contributed by atoms with Gasteiger partial charge in [-0.1, -0.05) is 36.4 Å². The Balaban J connectivity index is 2.25. The van der Waals surface area contributed by atoms with Gasteiger partial charge in [0.2, 0.25) is 5.69 Å². The average molecular weight is 387 g/mol. The maximum absolute atomic E-state index is 12.8. The summed E-state index contributed by atoms with van der Waals surface area (Å²) in [6, 6.07) is 15.1. The van der Waals surface area contributed by atoms with Crippen LogP contribution in [0.3, 0.4) is 0 Å². The maximum atomic E-state index is 12.8. The first-order valence-corrected chi connectivity index (χ1v) is 8.31. The van der Waals surface area contributed by atoms with E-state index in [4.69, 9.17) is 4.74 Å². The number of hydrogen-bond acceptors (Lipinski definition) is 4. The summed E-state index contributed by atoms with van der Waals surface area (Å²) in [7, 11) is 0. The van der Waals surface area contributed by atoms with Gasteiger partial charge in [0.1, 0.15) is 5.52 Å². The molecule has 0 saturated carbocycles. The SMILES string of the molecule is CCOC(=O)c1nc2c(Br)cccc2n(Cc2ccccc2)c1=O. The van der Waals surface area contributed by atoms with E-state index in [1.807, 2.05) is 48.5 Å². The number of hydrogen-bond donors (Lipinski definition) is 0. The van der Waals surface area contributed by atoms with E-state index >= 15 is 0 Å². The molecule has 6 heteroatoms. The molecule has 0 aliphatic rings. The Hall–Kier alpha value is -2.47. The number of carbonyl (C=O) groups excluding carboxylic acids is 1. The first kappa shape index (κ1) is 16.4. The minimum Gasteiger partial charge on any atom is -0.461 e. The van der Waals surface area contributed by atoms with Gasteiger partial charge in [0.05, 0.1) is 18.7 Å². The van der Waals surface area contributed by atoms with Gasteiger partial charge in [0.25, 0.3) is 5.56 Å². The minimum atomic E-state index is -0.707. The van der Waals surface area contributed by atoms with E-state index < -0.39 is 11.5 Å². The van der Waals surface area contributed by atoms with Crippen molar-refractivity contribution in [2.45, 2.75) is 13.5 Å². The molecule has 24 heavy (non-hydrogen) atoms. The van der Waals surface area contributed by atoms with Crippen LogP contribution in [0.1, 0.15) is 23.0 Å². The summed E-state index contributed by atoms with van der Waals surface area (Å²) in [5.74, 6) is -0.707. The van der Waals surface area contributed by atoms with Crippen LogP contribution in [0.5, 0.6) is 0 Å². The Kier molecular flexibility index (Phi) is 4.76. The molecule has 0 unspecified atom stereocenters. The fourth-order valence-corrected chi connectivity index (χ4v) is 2.93. The fourth-order valence-electron chi connectivity index (χ4n) is 2.48. The molecule has 0 N–H and O–H groups in total. The Morgan fingerprint density at radius 2 is 1.92 bits per heavy atom. The van der Waals surface area contributed by atoms with Crippen molar-refractivity contribution in [3.05, 3.63) is 74.6 Å². The zero-order valence-corrected chi connectivity index (χ0v) is 14.6. The molecule has 5 nitrogen and oxygen atoms in total. The van der Waals surface area contributed by atoms with Gasteiger partial charge in [-0.15, -0.1) is 0 Å². The van der Waals surface area contributed by atoms with E-state index in [1.54, 1.807) is 11.5 Å². The van der Waals surface area contributed by atoms with Crippen LogP contribution in [0, 0.1) is 0 Å². The van der Waals surface area contributed by atoms with Crippen molar-refractivity contribution in [1.82, 2.24) is 9.55 Å². The highest BCUT2D eigenvalue weighted by Gasteiger charge is 2.19. The van der Waals surface area contributed by atoms with E-state index in [-0.39, 0.29) is 12.3 Å². The monoisotopic (exact) mass is 386 g/mol. The largest absolute Gasteiger partial charge is 0.461 e. The van der Waals surface area contributed by atoms with Crippen molar-refractivity contribution in [2.24, 2.45) is 0 Å². The number of halogens is 1. The molecule has 0 saturated heterocycles. The molecule has 3 rings (SSSR count). The zero-order chi connectivity index (χ0) is 17.1. The first-order chi connectivity index (χ1) is 11.6. The number of benzene rings is 2. The summed E-state index contributed by atoms with van der Waals surface area (Å²) in [4.78, 5) is 29.2. The number of fused-ring (bicyclic) bond motifs is 1. The Morgan fingerprint density at radius 3 is 2.62 bits per heavy atom. The van der Waals surface area contributed by atoms with Crippen LogP contribution < -0.4 is 5.56 Å². The summed E-state index contributed by atoms with van der Waals surface area (Å²) in [5, 5.41) is 0. The molecule has 1 aromatic heterocycles. The molecule has 0 aliphatic heterocycles. The van der Waals surface area contributed by atoms with Gasteiger partial charge < -0.3 is 9.30 Å². The highest BCUT2D eigenvalue weighted by molar-refractivity contribution is 9.10. The molecule has 0 spiro atoms. The first-order valence-electron chi connectivity index (χ1n) is 7.52. The predicted molar refractivity (Wildman–Crippen MR) is 95.2 cm³/mol. The average Bonchev–Trinajstić information content (AvgIpc) is 2.58. The van der Waals surface area contributed by atoms with Crippen LogP contribution in [-0.2, 0) is 11.3 Å². The number of rotatable bonds is 4. The van der Waals surface area contributed by atoms with Crippen LogP contribution in [-0.4, -0.2) is 22.1 Å². The van der Waals surface area contributed by atoms with Crippen molar-refractivity contribution < 1.29 is 9.53 Å². The minimum absolute atomic E-state index is 0.187. The summed E-state index contributed by atoms with van der Waals surface area (Å²) in [5.41, 5.74) is 1.51. The van der Waals surface area contributed by atoms with E-state index in [9.17, 15) is 9.59 Å². The Morgan fingerprint density at radius 1 is 1.17 bits per heavy atom. The van der Waals surface area contributed by atoms with Crippen LogP contribution in [0.25, 0.3) is 11.0 Å². The van der Waals surface area contributed by atoms with Crippen molar-refractivity contribution in [3.8, 4) is 0 Å². The number of nitrogens with zero attached hydrogens (tertiary/aromatic N) is 2. The lowest BCUT2D eigenvalue weighted by Crippen LogP contribution is -2.30. The third-order valence-electron chi connectivity index (χ3n) is 3.58. The molecule has 0 aliphatic carbocycles. The molecule has 2 aromatic carbocycles. The second-order valence-corrected chi connectivity index (χ2v) is 6.02. The molecular formula is C18H15BrN2O3. The number of esters is 1. The lowest BCUT2D eigenvalue weighted by molar-refractivity contribution is 0.0517. The molecule has 122 valence electrons. The van der Waals surface area contributed by atoms with E-state index in [0.717, 1.165) is 5.56 Å². The lowest BCUT2D eigenvalue weighted by atomic mass is 10.2.